The largest absolute Gasteiger partial charge is 0.444 e. The summed E-state index contributed by atoms with van der Waals surface area (Å²) >= 11 is 0. The second-order valence-corrected chi connectivity index (χ2v) is 7.95. The molecule has 2 N–H and O–H groups in total. The topological polar surface area (TPSA) is 105 Å². The van der Waals surface area contributed by atoms with Crippen molar-refractivity contribution in [3.63, 3.8) is 0 Å². The lowest BCUT2D eigenvalue weighted by atomic mass is 9.89. The average Bonchev–Trinajstić information content (AvgIpc) is 2.50. The minimum Gasteiger partial charge on any atom is -0.444 e. The Morgan fingerprint density at radius 1 is 1.33 bits per heavy atom. The van der Waals surface area contributed by atoms with Gasteiger partial charge in [0.05, 0.1) is 13.1 Å². The highest BCUT2D eigenvalue weighted by molar-refractivity contribution is 6.38. The van der Waals surface area contributed by atoms with E-state index in [0.717, 1.165) is 4.90 Å². The predicted octanol–water partition coefficient (Wildman–Crippen LogP) is 0.843. The van der Waals surface area contributed by atoms with Gasteiger partial charge in [-0.1, -0.05) is 0 Å². The molecular weight excluding hydrogens is 364 g/mol. The van der Waals surface area contributed by atoms with E-state index >= 15 is 0 Å². The number of alkyl halides is 2. The zero-order valence-electron chi connectivity index (χ0n) is 15.6. The van der Waals surface area contributed by atoms with Gasteiger partial charge >= 0.3 is 6.09 Å². The number of likely N-dealkylation sites (tertiary alicyclic amines) is 1. The predicted molar refractivity (Wildman–Crippen MR) is 90.0 cm³/mol. The Labute approximate surface area is 156 Å². The number of alkyl carbamates (subject to hydrolysis) is 1. The normalized spacial score (nSPS) is 22.9. The molecule has 2 aliphatic rings. The minimum atomic E-state index is -3.01. The van der Waals surface area contributed by atoms with Gasteiger partial charge in [-0.05, 0) is 40.0 Å². The van der Waals surface area contributed by atoms with Crippen molar-refractivity contribution in [3.8, 4) is 0 Å². The molecule has 0 radical (unpaired) electrons. The molecule has 8 nitrogen and oxygen atoms in total. The van der Waals surface area contributed by atoms with E-state index in [0.29, 0.717) is 19.4 Å². The van der Waals surface area contributed by atoms with Crippen molar-refractivity contribution in [1.82, 2.24) is 15.5 Å². The number of nitrogens with zero attached hydrogens (tertiary/aromatic N) is 1. The molecule has 2 heterocycles. The van der Waals surface area contributed by atoms with Crippen LogP contribution in [0, 0.1) is 5.92 Å². The molecule has 0 aromatic rings. The highest BCUT2D eigenvalue weighted by Crippen LogP contribution is 2.27. The van der Waals surface area contributed by atoms with Crippen LogP contribution >= 0.6 is 0 Å². The molecule has 0 saturated carbocycles. The van der Waals surface area contributed by atoms with E-state index in [9.17, 15) is 28.0 Å². The Bertz CT molecular complexity index is 625. The van der Waals surface area contributed by atoms with Crippen LogP contribution in [-0.2, 0) is 19.1 Å². The third kappa shape index (κ3) is 5.86. The van der Waals surface area contributed by atoms with Crippen molar-refractivity contribution in [2.45, 2.75) is 57.6 Å². The lowest BCUT2D eigenvalue weighted by molar-refractivity contribution is -0.170. The van der Waals surface area contributed by atoms with Crippen LogP contribution in [0.25, 0.3) is 0 Å². The quantitative estimate of drug-likeness (QED) is 0.678. The van der Waals surface area contributed by atoms with Crippen LogP contribution in [0.4, 0.5) is 13.6 Å². The van der Waals surface area contributed by atoms with E-state index in [4.69, 9.17) is 4.74 Å². The van der Waals surface area contributed by atoms with Crippen LogP contribution in [0.15, 0.2) is 0 Å². The van der Waals surface area contributed by atoms with Gasteiger partial charge < -0.3 is 20.3 Å². The molecule has 0 unspecified atom stereocenters. The number of halogens is 2. The lowest BCUT2D eigenvalue weighted by Crippen LogP contribution is -2.62. The van der Waals surface area contributed by atoms with Gasteiger partial charge in [0, 0.05) is 12.5 Å². The Morgan fingerprint density at radius 2 is 1.96 bits per heavy atom. The Morgan fingerprint density at radius 3 is 2.48 bits per heavy atom. The van der Waals surface area contributed by atoms with E-state index < -0.39 is 54.4 Å². The van der Waals surface area contributed by atoms with E-state index in [1.54, 1.807) is 20.8 Å². The molecule has 10 heteroatoms. The molecule has 27 heavy (non-hydrogen) atoms. The SMILES string of the molecule is CC(C)(C)OC(=O)N[C@@H](C[C@@H]1CCCNC1=O)C(=O)C(=O)N1CC(F)(F)C1. The van der Waals surface area contributed by atoms with Crippen LogP contribution in [0.2, 0.25) is 0 Å². The fourth-order valence-electron chi connectivity index (χ4n) is 2.99. The molecule has 0 spiro atoms. The number of carbonyl (C=O) groups is 4. The third-order valence-corrected chi connectivity index (χ3v) is 4.27. The van der Waals surface area contributed by atoms with Gasteiger partial charge in [0.25, 0.3) is 11.8 Å². The van der Waals surface area contributed by atoms with Crippen LogP contribution in [0.3, 0.4) is 0 Å². The second kappa shape index (κ2) is 7.77. The maximum absolute atomic E-state index is 13.0. The highest BCUT2D eigenvalue weighted by Gasteiger charge is 2.49. The summed E-state index contributed by atoms with van der Waals surface area (Å²) in [7, 11) is 0. The first-order valence-corrected chi connectivity index (χ1v) is 8.86. The van der Waals surface area contributed by atoms with Gasteiger partial charge in [-0.3, -0.25) is 14.4 Å². The molecule has 2 atom stereocenters. The van der Waals surface area contributed by atoms with Crippen LogP contribution in [0.5, 0.6) is 0 Å². The molecule has 2 aliphatic heterocycles. The Kier molecular flexibility index (Phi) is 6.06. The van der Waals surface area contributed by atoms with E-state index in [1.807, 2.05) is 0 Å². The number of amides is 3. The molecule has 0 bridgehead atoms. The standard InChI is InChI=1S/C17H25F2N3O5/c1-16(2,3)27-15(26)21-11(7-10-5-4-6-20-13(10)24)12(23)14(25)22-8-17(18,19)9-22/h10-11H,4-9H2,1-3H3,(H,20,24)(H,21,26)/t10-,11-/m0/s1. The highest BCUT2D eigenvalue weighted by atomic mass is 19.3. The van der Waals surface area contributed by atoms with Crippen molar-refractivity contribution in [3.05, 3.63) is 0 Å². The first-order chi connectivity index (χ1) is 12.4. The monoisotopic (exact) mass is 389 g/mol. The summed E-state index contributed by atoms with van der Waals surface area (Å²) in [6, 6.07) is -1.32. The lowest BCUT2D eigenvalue weighted by Gasteiger charge is -2.38. The first-order valence-electron chi connectivity index (χ1n) is 8.86. The molecule has 0 aromatic carbocycles. The molecule has 0 aliphatic carbocycles. The summed E-state index contributed by atoms with van der Waals surface area (Å²) in [5.74, 6) is -5.97. The molecule has 3 amide bonds. The molecular formula is C17H25F2N3O5. The van der Waals surface area contributed by atoms with Gasteiger partial charge in [0.1, 0.15) is 11.6 Å². The first kappa shape index (κ1) is 21.0. The number of carbonyl (C=O) groups excluding carboxylic acids is 4. The van der Waals surface area contributed by atoms with Gasteiger partial charge in [0.15, 0.2) is 0 Å². The molecule has 0 aromatic heterocycles. The minimum absolute atomic E-state index is 0.0973. The van der Waals surface area contributed by atoms with Gasteiger partial charge in [-0.2, -0.15) is 0 Å². The number of ketones is 1. The average molecular weight is 389 g/mol. The van der Waals surface area contributed by atoms with Crippen molar-refractivity contribution >= 4 is 23.7 Å². The Balaban J connectivity index is 2.07. The fraction of sp³-hybridized carbons (Fsp3) is 0.765. The molecule has 2 fully saturated rings. The molecule has 152 valence electrons. The number of Topliss-reactive ketones (excluding diaryl/α,β-unsaturated/α-hetero) is 1. The molecule has 2 rings (SSSR count). The van der Waals surface area contributed by atoms with Crippen LogP contribution in [0.1, 0.15) is 40.0 Å². The number of rotatable bonds is 5. The summed E-state index contributed by atoms with van der Waals surface area (Å²) in [6.07, 6.45) is 0.191. The second-order valence-electron chi connectivity index (χ2n) is 7.95. The summed E-state index contributed by atoms with van der Waals surface area (Å²) in [5, 5.41) is 4.98. The van der Waals surface area contributed by atoms with Crippen LogP contribution < -0.4 is 10.6 Å². The smallest absolute Gasteiger partial charge is 0.408 e. The summed E-state index contributed by atoms with van der Waals surface area (Å²) in [4.78, 5) is 49.5. The fourth-order valence-corrected chi connectivity index (χ4v) is 2.99. The van der Waals surface area contributed by atoms with Crippen molar-refractivity contribution in [2.75, 3.05) is 19.6 Å². The maximum atomic E-state index is 13.0. The summed E-state index contributed by atoms with van der Waals surface area (Å²) in [5.41, 5.74) is -0.830. The summed E-state index contributed by atoms with van der Waals surface area (Å²) in [6.45, 7) is 3.75. The maximum Gasteiger partial charge on any atom is 0.408 e. The van der Waals surface area contributed by atoms with Gasteiger partial charge in [0.2, 0.25) is 11.7 Å². The van der Waals surface area contributed by atoms with Crippen molar-refractivity contribution in [1.29, 1.82) is 0 Å². The van der Waals surface area contributed by atoms with Gasteiger partial charge in [-0.15, -0.1) is 0 Å². The van der Waals surface area contributed by atoms with Crippen LogP contribution in [-0.4, -0.2) is 65.8 Å². The van der Waals surface area contributed by atoms with Crippen molar-refractivity contribution < 1.29 is 32.7 Å². The molecule has 2 saturated heterocycles. The third-order valence-electron chi connectivity index (χ3n) is 4.27. The zero-order chi connectivity index (χ0) is 20.4. The number of piperidine rings is 1. The van der Waals surface area contributed by atoms with Crippen molar-refractivity contribution in [2.24, 2.45) is 5.92 Å². The van der Waals surface area contributed by atoms with E-state index in [1.165, 1.54) is 0 Å². The summed E-state index contributed by atoms with van der Waals surface area (Å²) < 4.78 is 31.1. The number of ether oxygens (including phenoxy) is 1. The van der Waals surface area contributed by atoms with E-state index in [-0.39, 0.29) is 12.3 Å². The Hall–Kier alpha value is -2.26. The zero-order valence-corrected chi connectivity index (χ0v) is 15.6. The van der Waals surface area contributed by atoms with E-state index in [2.05, 4.69) is 10.6 Å². The van der Waals surface area contributed by atoms with Gasteiger partial charge in [-0.25, -0.2) is 13.6 Å². The number of hydrogen-bond donors (Lipinski definition) is 2. The number of nitrogens with one attached hydrogen (secondary N) is 2. The number of hydrogen-bond acceptors (Lipinski definition) is 5.